The van der Waals surface area contributed by atoms with Crippen molar-refractivity contribution in [2.75, 3.05) is 44.7 Å². The Morgan fingerprint density at radius 2 is 1.87 bits per heavy atom. The second-order valence-electron chi connectivity index (χ2n) is 5.66. The normalized spacial score (nSPS) is 16.5. The Balaban J connectivity index is 1.76. The first-order valence-corrected chi connectivity index (χ1v) is 7.72. The lowest BCUT2D eigenvalue weighted by Gasteiger charge is -2.35. The molecule has 2 heterocycles. The van der Waals surface area contributed by atoms with E-state index in [1.165, 1.54) is 0 Å². The van der Waals surface area contributed by atoms with Gasteiger partial charge in [-0.3, -0.25) is 14.5 Å². The van der Waals surface area contributed by atoms with Crippen LogP contribution in [0, 0.1) is 0 Å². The maximum absolute atomic E-state index is 12.2. The molecule has 1 amide bonds. The number of amides is 1. The summed E-state index contributed by atoms with van der Waals surface area (Å²) in [5.74, 6) is -0.130. The zero-order valence-electron chi connectivity index (χ0n) is 13.6. The minimum atomic E-state index is -0.878. The molecule has 23 heavy (non-hydrogen) atoms. The number of hydrogen-bond donors (Lipinski definition) is 1. The Hall–Kier alpha value is -2.22. The fourth-order valence-electron chi connectivity index (χ4n) is 2.42. The van der Waals surface area contributed by atoms with Gasteiger partial charge in [0.25, 0.3) is 0 Å². The second-order valence-corrected chi connectivity index (χ2v) is 5.66. The van der Waals surface area contributed by atoms with Crippen molar-refractivity contribution in [2.24, 2.45) is 0 Å². The molecule has 1 aromatic rings. The van der Waals surface area contributed by atoms with E-state index in [4.69, 9.17) is 5.11 Å². The number of likely N-dealkylation sites (N-methyl/N-ethyl adjacent to an activating group) is 1. The van der Waals surface area contributed by atoms with Gasteiger partial charge in [0.05, 0.1) is 0 Å². The van der Waals surface area contributed by atoms with Crippen LogP contribution in [0.25, 0.3) is 0 Å². The molecule has 2 rings (SSSR count). The van der Waals surface area contributed by atoms with Gasteiger partial charge in [-0.25, -0.2) is 9.97 Å². The molecule has 0 aromatic carbocycles. The van der Waals surface area contributed by atoms with E-state index in [-0.39, 0.29) is 5.91 Å². The number of carboxylic acids is 1. The lowest BCUT2D eigenvalue weighted by Crippen LogP contribution is -2.50. The number of piperazine rings is 1. The highest BCUT2D eigenvalue weighted by molar-refractivity contribution is 5.77. The summed E-state index contributed by atoms with van der Waals surface area (Å²) in [6, 6.07) is 1.19. The number of aliphatic carboxylic acids is 1. The fraction of sp³-hybridized carbons (Fsp3) is 0.600. The lowest BCUT2D eigenvalue weighted by atomic mass is 10.2. The lowest BCUT2D eigenvalue weighted by molar-refractivity contribution is -0.143. The molecule has 1 aliphatic heterocycles. The van der Waals surface area contributed by atoms with Crippen LogP contribution in [0.2, 0.25) is 0 Å². The van der Waals surface area contributed by atoms with Gasteiger partial charge in [0, 0.05) is 51.5 Å². The molecule has 126 valence electrons. The highest BCUT2D eigenvalue weighted by Gasteiger charge is 2.23. The standard InChI is InChI=1S/C15H23N5O3/c1-12(14(22)23)18(2)7-4-13(21)19-8-10-20(11-9-19)15-16-5-3-6-17-15/h3,5-6,12H,4,7-11H2,1-2H3,(H,22,23). The molecule has 1 aliphatic rings. The third-order valence-corrected chi connectivity index (χ3v) is 4.16. The first-order chi connectivity index (χ1) is 11.0. The van der Waals surface area contributed by atoms with Crippen LogP contribution in [-0.4, -0.2) is 82.6 Å². The Bertz CT molecular complexity index is 531. The number of anilines is 1. The van der Waals surface area contributed by atoms with Crippen molar-refractivity contribution in [3.8, 4) is 0 Å². The van der Waals surface area contributed by atoms with Crippen molar-refractivity contribution in [3.05, 3.63) is 18.5 Å². The molecule has 0 spiro atoms. The van der Waals surface area contributed by atoms with E-state index in [0.29, 0.717) is 45.1 Å². The number of hydrogen-bond acceptors (Lipinski definition) is 6. The fourth-order valence-corrected chi connectivity index (χ4v) is 2.42. The quantitative estimate of drug-likeness (QED) is 0.784. The summed E-state index contributed by atoms with van der Waals surface area (Å²) >= 11 is 0. The number of aromatic nitrogens is 2. The van der Waals surface area contributed by atoms with E-state index >= 15 is 0 Å². The van der Waals surface area contributed by atoms with E-state index in [2.05, 4.69) is 14.9 Å². The maximum Gasteiger partial charge on any atom is 0.320 e. The van der Waals surface area contributed by atoms with Gasteiger partial charge in [0.1, 0.15) is 6.04 Å². The van der Waals surface area contributed by atoms with Gasteiger partial charge >= 0.3 is 5.97 Å². The van der Waals surface area contributed by atoms with Gasteiger partial charge in [0.2, 0.25) is 11.9 Å². The Morgan fingerprint density at radius 1 is 1.26 bits per heavy atom. The highest BCUT2D eigenvalue weighted by Crippen LogP contribution is 2.10. The average Bonchev–Trinajstić information content (AvgIpc) is 2.59. The van der Waals surface area contributed by atoms with Gasteiger partial charge < -0.3 is 14.9 Å². The van der Waals surface area contributed by atoms with E-state index in [1.54, 1.807) is 37.3 Å². The molecule has 8 heteroatoms. The molecular weight excluding hydrogens is 298 g/mol. The van der Waals surface area contributed by atoms with Crippen molar-refractivity contribution in [3.63, 3.8) is 0 Å². The number of nitrogens with zero attached hydrogens (tertiary/aromatic N) is 5. The van der Waals surface area contributed by atoms with Crippen LogP contribution in [0.4, 0.5) is 5.95 Å². The molecule has 0 aliphatic carbocycles. The Kier molecular flexibility index (Phi) is 5.86. The summed E-state index contributed by atoms with van der Waals surface area (Å²) < 4.78 is 0. The van der Waals surface area contributed by atoms with Gasteiger partial charge in [-0.2, -0.15) is 0 Å². The van der Waals surface area contributed by atoms with Crippen molar-refractivity contribution >= 4 is 17.8 Å². The van der Waals surface area contributed by atoms with Crippen molar-refractivity contribution in [1.82, 2.24) is 19.8 Å². The molecule has 1 atom stereocenters. The van der Waals surface area contributed by atoms with E-state index < -0.39 is 12.0 Å². The smallest absolute Gasteiger partial charge is 0.320 e. The summed E-state index contributed by atoms with van der Waals surface area (Å²) in [4.78, 5) is 37.1. The zero-order valence-corrected chi connectivity index (χ0v) is 13.6. The summed E-state index contributed by atoms with van der Waals surface area (Å²) in [7, 11) is 1.72. The molecular formula is C15H23N5O3. The number of rotatable bonds is 6. The monoisotopic (exact) mass is 321 g/mol. The van der Waals surface area contributed by atoms with Crippen molar-refractivity contribution in [2.45, 2.75) is 19.4 Å². The van der Waals surface area contributed by atoms with Crippen molar-refractivity contribution < 1.29 is 14.7 Å². The molecule has 1 N–H and O–H groups in total. The van der Waals surface area contributed by atoms with E-state index in [1.807, 2.05) is 4.90 Å². The third kappa shape index (κ3) is 4.62. The van der Waals surface area contributed by atoms with E-state index in [9.17, 15) is 9.59 Å². The number of carboxylic acid groups (broad SMARTS) is 1. The largest absolute Gasteiger partial charge is 0.480 e. The third-order valence-electron chi connectivity index (χ3n) is 4.16. The predicted octanol–water partition coefficient (Wildman–Crippen LogP) is -0.0798. The van der Waals surface area contributed by atoms with Gasteiger partial charge in [-0.05, 0) is 20.0 Å². The predicted molar refractivity (Wildman–Crippen MR) is 85.2 cm³/mol. The van der Waals surface area contributed by atoms with Crippen LogP contribution in [0.15, 0.2) is 18.5 Å². The summed E-state index contributed by atoms with van der Waals surface area (Å²) in [5, 5.41) is 8.95. The second kappa shape index (κ2) is 7.87. The SMILES string of the molecule is CC(C(=O)O)N(C)CCC(=O)N1CCN(c2ncccn2)CC1. The molecule has 0 bridgehead atoms. The topological polar surface area (TPSA) is 89.9 Å². The van der Waals surface area contributed by atoms with Gasteiger partial charge in [-0.1, -0.05) is 0 Å². The Morgan fingerprint density at radius 3 is 2.43 bits per heavy atom. The van der Waals surface area contributed by atoms with Gasteiger partial charge in [0.15, 0.2) is 0 Å². The molecule has 1 aromatic heterocycles. The molecule has 1 unspecified atom stereocenters. The number of carbonyl (C=O) groups is 2. The minimum absolute atomic E-state index is 0.0584. The van der Waals surface area contributed by atoms with E-state index in [0.717, 1.165) is 0 Å². The van der Waals surface area contributed by atoms with Crippen LogP contribution < -0.4 is 4.90 Å². The highest BCUT2D eigenvalue weighted by atomic mass is 16.4. The summed E-state index contributed by atoms with van der Waals surface area (Å²) in [5.41, 5.74) is 0. The first kappa shape index (κ1) is 17.1. The molecule has 0 saturated carbocycles. The minimum Gasteiger partial charge on any atom is -0.480 e. The van der Waals surface area contributed by atoms with Crippen LogP contribution in [0.5, 0.6) is 0 Å². The zero-order chi connectivity index (χ0) is 16.8. The molecule has 1 saturated heterocycles. The van der Waals surface area contributed by atoms with Gasteiger partial charge in [-0.15, -0.1) is 0 Å². The first-order valence-electron chi connectivity index (χ1n) is 7.72. The summed E-state index contributed by atoms with van der Waals surface area (Å²) in [6.07, 6.45) is 3.74. The number of carbonyl (C=O) groups excluding carboxylic acids is 1. The van der Waals surface area contributed by atoms with Crippen LogP contribution >= 0.6 is 0 Å². The molecule has 8 nitrogen and oxygen atoms in total. The van der Waals surface area contributed by atoms with Crippen LogP contribution in [-0.2, 0) is 9.59 Å². The average molecular weight is 321 g/mol. The van der Waals surface area contributed by atoms with Crippen molar-refractivity contribution in [1.29, 1.82) is 0 Å². The molecule has 1 fully saturated rings. The Labute approximate surface area is 135 Å². The summed E-state index contributed by atoms with van der Waals surface area (Å²) in [6.45, 7) is 4.73. The molecule has 0 radical (unpaired) electrons. The maximum atomic E-state index is 12.2. The van der Waals surface area contributed by atoms with Crippen LogP contribution in [0.3, 0.4) is 0 Å². The van der Waals surface area contributed by atoms with Crippen LogP contribution in [0.1, 0.15) is 13.3 Å².